The van der Waals surface area contributed by atoms with E-state index in [1.54, 1.807) is 12.1 Å². The van der Waals surface area contributed by atoms with Gasteiger partial charge in [0.15, 0.2) is 10.9 Å². The Morgan fingerprint density at radius 2 is 1.83 bits per heavy atom. The Bertz CT molecular complexity index is 1640. The number of nitrogens with zero attached hydrogens (tertiary/aromatic N) is 3. The van der Waals surface area contributed by atoms with E-state index in [-0.39, 0.29) is 27.5 Å². The van der Waals surface area contributed by atoms with Gasteiger partial charge in [0.2, 0.25) is 0 Å². The van der Waals surface area contributed by atoms with Gasteiger partial charge in [-0.1, -0.05) is 41.7 Å². The molecule has 0 saturated carbocycles. The van der Waals surface area contributed by atoms with Crippen LogP contribution in [0.15, 0.2) is 63.8 Å². The molecule has 2 heterocycles. The molecule has 5 aromatic rings. The summed E-state index contributed by atoms with van der Waals surface area (Å²) < 4.78 is 33.9. The summed E-state index contributed by atoms with van der Waals surface area (Å²) in [5, 5.41) is 2.61. The molecule has 178 valence electrons. The van der Waals surface area contributed by atoms with E-state index in [1.165, 1.54) is 11.0 Å². The van der Waals surface area contributed by atoms with Crippen LogP contribution in [0.2, 0.25) is 0 Å². The standard InChI is InChI=1S/C26H21F2N3O3S/c1-30(2)10-5-11-31(26-29-23-20(28)12-16(27)13-22(23)35-26)24(32)19-14-18-17-7-4-3-6-15(17)8-9-21(18)34-25(19)33/h3-4,6-9,12-14H,5,10-11H2,1-2H3. The molecule has 9 heteroatoms. The summed E-state index contributed by atoms with van der Waals surface area (Å²) in [5.74, 6) is -2.13. The molecular weight excluding hydrogens is 472 g/mol. The molecule has 0 aliphatic heterocycles. The predicted octanol–water partition coefficient (Wildman–Crippen LogP) is 5.43. The van der Waals surface area contributed by atoms with Crippen molar-refractivity contribution in [2.24, 2.45) is 0 Å². The zero-order valence-electron chi connectivity index (χ0n) is 19.0. The van der Waals surface area contributed by atoms with Crippen molar-refractivity contribution in [1.82, 2.24) is 9.88 Å². The van der Waals surface area contributed by atoms with Crippen molar-refractivity contribution in [2.45, 2.75) is 6.42 Å². The molecule has 1 amide bonds. The lowest BCUT2D eigenvalue weighted by atomic mass is 10.0. The lowest BCUT2D eigenvalue weighted by Gasteiger charge is -2.20. The molecule has 0 spiro atoms. The van der Waals surface area contributed by atoms with Crippen LogP contribution < -0.4 is 10.5 Å². The quantitative estimate of drug-likeness (QED) is 0.233. The van der Waals surface area contributed by atoms with Gasteiger partial charge in [0.25, 0.3) is 5.91 Å². The molecule has 0 saturated heterocycles. The molecule has 35 heavy (non-hydrogen) atoms. The van der Waals surface area contributed by atoms with Crippen molar-refractivity contribution in [3.8, 4) is 0 Å². The summed E-state index contributed by atoms with van der Waals surface area (Å²) in [7, 11) is 3.82. The second-order valence-corrected chi connectivity index (χ2v) is 9.50. The Labute approximate surface area is 203 Å². The van der Waals surface area contributed by atoms with Crippen LogP contribution in [0.1, 0.15) is 16.8 Å². The van der Waals surface area contributed by atoms with Crippen LogP contribution in [0.25, 0.3) is 32.0 Å². The van der Waals surface area contributed by atoms with E-state index >= 15 is 0 Å². The maximum absolute atomic E-state index is 14.3. The van der Waals surface area contributed by atoms with Crippen LogP contribution in [0, 0.1) is 11.6 Å². The molecular formula is C26H21F2N3O3S. The summed E-state index contributed by atoms with van der Waals surface area (Å²) in [6.07, 6.45) is 0.577. The van der Waals surface area contributed by atoms with Gasteiger partial charge in [-0.3, -0.25) is 9.69 Å². The van der Waals surface area contributed by atoms with Crippen LogP contribution >= 0.6 is 11.3 Å². The number of benzene rings is 3. The predicted molar refractivity (Wildman–Crippen MR) is 134 cm³/mol. The molecule has 5 rings (SSSR count). The maximum Gasteiger partial charge on any atom is 0.349 e. The molecule has 3 aromatic carbocycles. The van der Waals surface area contributed by atoms with Crippen LogP contribution in [0.5, 0.6) is 0 Å². The van der Waals surface area contributed by atoms with Crippen molar-refractivity contribution in [3.63, 3.8) is 0 Å². The second kappa shape index (κ2) is 9.16. The van der Waals surface area contributed by atoms with Gasteiger partial charge in [0.05, 0.1) is 4.70 Å². The van der Waals surface area contributed by atoms with Gasteiger partial charge in [0, 0.05) is 18.0 Å². The number of hydrogen-bond donors (Lipinski definition) is 0. The molecule has 0 aliphatic rings. The third-order valence-corrected chi connectivity index (χ3v) is 6.76. The number of anilines is 1. The Morgan fingerprint density at radius 3 is 2.63 bits per heavy atom. The number of halogens is 2. The van der Waals surface area contributed by atoms with Crippen molar-refractivity contribution in [3.05, 3.63) is 82.2 Å². The Kier molecular flexibility index (Phi) is 6.04. The van der Waals surface area contributed by atoms with Gasteiger partial charge in [-0.05, 0) is 56.0 Å². The number of carbonyl (C=O) groups excluding carboxylic acids is 1. The highest BCUT2D eigenvalue weighted by molar-refractivity contribution is 7.22. The molecule has 2 aromatic heterocycles. The molecule has 6 nitrogen and oxygen atoms in total. The minimum atomic E-state index is -0.806. The minimum absolute atomic E-state index is 0.0200. The molecule has 0 unspecified atom stereocenters. The highest BCUT2D eigenvalue weighted by Crippen LogP contribution is 2.32. The van der Waals surface area contributed by atoms with Gasteiger partial charge in [-0.25, -0.2) is 18.6 Å². The zero-order chi connectivity index (χ0) is 24.7. The van der Waals surface area contributed by atoms with Crippen LogP contribution in [-0.4, -0.2) is 43.0 Å². The van der Waals surface area contributed by atoms with Gasteiger partial charge < -0.3 is 9.32 Å². The van der Waals surface area contributed by atoms with Crippen molar-refractivity contribution in [2.75, 3.05) is 32.1 Å². The summed E-state index contributed by atoms with van der Waals surface area (Å²) in [4.78, 5) is 34.1. The van der Waals surface area contributed by atoms with Crippen molar-refractivity contribution < 1.29 is 18.0 Å². The van der Waals surface area contributed by atoms with E-state index in [1.807, 2.05) is 49.3 Å². The lowest BCUT2D eigenvalue weighted by molar-refractivity contribution is 0.0982. The lowest BCUT2D eigenvalue weighted by Crippen LogP contribution is -2.36. The summed E-state index contributed by atoms with van der Waals surface area (Å²) >= 11 is 0.995. The van der Waals surface area contributed by atoms with Crippen LogP contribution in [-0.2, 0) is 0 Å². The molecule has 0 atom stereocenters. The van der Waals surface area contributed by atoms with Crippen molar-refractivity contribution >= 4 is 54.3 Å². The van der Waals surface area contributed by atoms with Gasteiger partial charge in [0.1, 0.15) is 22.5 Å². The SMILES string of the molecule is CN(C)CCCN(C(=O)c1cc2c(ccc3ccccc32)oc1=O)c1nc2c(F)cc(F)cc2s1. The number of carbonyl (C=O) groups is 1. The summed E-state index contributed by atoms with van der Waals surface area (Å²) in [5.41, 5.74) is -0.561. The van der Waals surface area contributed by atoms with E-state index in [0.717, 1.165) is 28.2 Å². The van der Waals surface area contributed by atoms with Crippen molar-refractivity contribution in [1.29, 1.82) is 0 Å². The Balaban J connectivity index is 1.63. The highest BCUT2D eigenvalue weighted by atomic mass is 32.1. The van der Waals surface area contributed by atoms with E-state index in [0.29, 0.717) is 23.9 Å². The largest absolute Gasteiger partial charge is 0.422 e. The average molecular weight is 494 g/mol. The van der Waals surface area contributed by atoms with E-state index < -0.39 is 23.2 Å². The third-order valence-electron chi connectivity index (χ3n) is 5.74. The number of hydrogen-bond acceptors (Lipinski definition) is 6. The van der Waals surface area contributed by atoms with Gasteiger partial charge in [-0.15, -0.1) is 0 Å². The summed E-state index contributed by atoms with van der Waals surface area (Å²) in [6, 6.07) is 14.6. The Morgan fingerprint density at radius 1 is 1.03 bits per heavy atom. The smallest absolute Gasteiger partial charge is 0.349 e. The average Bonchev–Trinajstić information content (AvgIpc) is 3.24. The first-order valence-electron chi connectivity index (χ1n) is 11.0. The van der Waals surface area contributed by atoms with Crippen LogP contribution in [0.3, 0.4) is 0 Å². The number of thiazole rings is 1. The number of amides is 1. The first-order valence-corrected chi connectivity index (χ1v) is 11.8. The van der Waals surface area contributed by atoms with Gasteiger partial charge in [-0.2, -0.15) is 0 Å². The van der Waals surface area contributed by atoms with E-state index in [4.69, 9.17) is 4.42 Å². The second-order valence-electron chi connectivity index (χ2n) is 8.49. The highest BCUT2D eigenvalue weighted by Gasteiger charge is 2.26. The number of rotatable bonds is 6. The first kappa shape index (κ1) is 23.1. The zero-order valence-corrected chi connectivity index (χ0v) is 19.9. The molecule has 0 fully saturated rings. The topological polar surface area (TPSA) is 66.7 Å². The van der Waals surface area contributed by atoms with E-state index in [9.17, 15) is 18.4 Å². The summed E-state index contributed by atoms with van der Waals surface area (Å²) in [6.45, 7) is 0.905. The molecule has 0 N–H and O–H groups in total. The Hall–Kier alpha value is -3.69. The minimum Gasteiger partial charge on any atom is -0.422 e. The van der Waals surface area contributed by atoms with Crippen LogP contribution in [0.4, 0.5) is 13.9 Å². The normalized spacial score (nSPS) is 11.7. The number of fused-ring (bicyclic) bond motifs is 4. The van der Waals surface area contributed by atoms with Gasteiger partial charge >= 0.3 is 5.63 Å². The third kappa shape index (κ3) is 4.40. The first-order chi connectivity index (χ1) is 16.8. The maximum atomic E-state index is 14.3. The fourth-order valence-electron chi connectivity index (χ4n) is 4.06. The molecule has 0 bridgehead atoms. The van der Waals surface area contributed by atoms with E-state index in [2.05, 4.69) is 4.98 Å². The molecule has 0 radical (unpaired) electrons. The fourth-order valence-corrected chi connectivity index (χ4v) is 5.09. The fraction of sp³-hybridized carbons (Fsp3) is 0.192. The monoisotopic (exact) mass is 493 g/mol. The number of aromatic nitrogens is 1. The molecule has 0 aliphatic carbocycles.